The zero-order chi connectivity index (χ0) is 16.5. The topological polar surface area (TPSA) is 46.1 Å². The number of para-hydroxylation sites is 1. The highest BCUT2D eigenvalue weighted by Gasteiger charge is 2.30. The maximum absolute atomic E-state index is 12.8. The minimum atomic E-state index is 0.110. The van der Waals surface area contributed by atoms with E-state index >= 15 is 0 Å². The second-order valence-electron chi connectivity index (χ2n) is 6.00. The predicted octanol–water partition coefficient (Wildman–Crippen LogP) is 3.73. The highest BCUT2D eigenvalue weighted by atomic mass is 32.1. The third kappa shape index (κ3) is 2.71. The van der Waals surface area contributed by atoms with E-state index in [4.69, 9.17) is 0 Å². The number of nitrogens with zero attached hydrogens (tertiary/aromatic N) is 3. The van der Waals surface area contributed by atoms with Crippen LogP contribution in [-0.2, 0) is 17.6 Å². The lowest BCUT2D eigenvalue weighted by Crippen LogP contribution is -2.36. The molecule has 0 bridgehead atoms. The summed E-state index contributed by atoms with van der Waals surface area (Å²) in [6.07, 6.45) is 4.76. The van der Waals surface area contributed by atoms with Crippen LogP contribution < -0.4 is 4.90 Å². The molecule has 0 unspecified atom stereocenters. The maximum atomic E-state index is 12.8. The molecule has 1 aliphatic rings. The van der Waals surface area contributed by atoms with Gasteiger partial charge in [0.1, 0.15) is 5.01 Å². The molecule has 0 saturated carbocycles. The van der Waals surface area contributed by atoms with Crippen LogP contribution in [0.3, 0.4) is 0 Å². The highest BCUT2D eigenvalue weighted by molar-refractivity contribution is 7.13. The fourth-order valence-electron chi connectivity index (χ4n) is 3.20. The molecule has 4 nitrogen and oxygen atoms in total. The maximum Gasteiger partial charge on any atom is 0.233 e. The lowest BCUT2D eigenvalue weighted by atomic mass is 10.1. The molecule has 3 heterocycles. The van der Waals surface area contributed by atoms with Crippen LogP contribution in [0.5, 0.6) is 0 Å². The first kappa shape index (κ1) is 15.0. The van der Waals surface area contributed by atoms with Crippen molar-refractivity contribution in [1.29, 1.82) is 0 Å². The summed E-state index contributed by atoms with van der Waals surface area (Å²) < 4.78 is 0. The number of benzene rings is 1. The standard InChI is InChI=1S/C19H17N3OS/c1-13-10-15-4-2-3-5-17(15)22(13)18(23)11-16-12-24-19(21-16)14-6-8-20-9-7-14/h2-9,12-13H,10-11H2,1H3/t13-/m1/s1. The first-order valence-electron chi connectivity index (χ1n) is 7.97. The third-order valence-corrected chi connectivity index (χ3v) is 5.23. The van der Waals surface area contributed by atoms with E-state index in [0.717, 1.165) is 28.4 Å². The number of carbonyl (C=O) groups is 1. The third-order valence-electron chi connectivity index (χ3n) is 4.29. The minimum absolute atomic E-state index is 0.110. The molecular formula is C19H17N3OS. The summed E-state index contributed by atoms with van der Waals surface area (Å²) in [5.41, 5.74) is 4.15. The predicted molar refractivity (Wildman–Crippen MR) is 96.1 cm³/mol. The highest BCUT2D eigenvalue weighted by Crippen LogP contribution is 2.32. The Morgan fingerprint density at radius 3 is 2.88 bits per heavy atom. The molecule has 0 spiro atoms. The number of rotatable bonds is 3. The van der Waals surface area contributed by atoms with Crippen molar-refractivity contribution in [3.05, 3.63) is 65.4 Å². The SMILES string of the molecule is C[C@@H]1Cc2ccccc2N1C(=O)Cc1csc(-c2ccncc2)n1. The van der Waals surface area contributed by atoms with Crippen LogP contribution >= 0.6 is 11.3 Å². The molecule has 1 amide bonds. The molecule has 2 aromatic heterocycles. The summed E-state index contributed by atoms with van der Waals surface area (Å²) in [5.74, 6) is 0.110. The Morgan fingerprint density at radius 2 is 2.04 bits per heavy atom. The van der Waals surface area contributed by atoms with Crippen LogP contribution in [0, 0.1) is 0 Å². The lowest BCUT2D eigenvalue weighted by Gasteiger charge is -2.22. The van der Waals surface area contributed by atoms with E-state index in [-0.39, 0.29) is 11.9 Å². The van der Waals surface area contributed by atoms with Gasteiger partial charge in [0.2, 0.25) is 5.91 Å². The molecule has 3 aromatic rings. The van der Waals surface area contributed by atoms with Crippen LogP contribution in [0.4, 0.5) is 5.69 Å². The normalized spacial score (nSPS) is 16.2. The average molecular weight is 335 g/mol. The van der Waals surface area contributed by atoms with Gasteiger partial charge < -0.3 is 4.90 Å². The summed E-state index contributed by atoms with van der Waals surface area (Å²) in [6.45, 7) is 2.10. The van der Waals surface area contributed by atoms with E-state index in [1.165, 1.54) is 5.56 Å². The van der Waals surface area contributed by atoms with Crippen molar-refractivity contribution < 1.29 is 4.79 Å². The molecular weight excluding hydrogens is 318 g/mol. The van der Waals surface area contributed by atoms with Crippen LogP contribution in [0.1, 0.15) is 18.2 Å². The van der Waals surface area contributed by atoms with Crippen molar-refractivity contribution in [3.8, 4) is 10.6 Å². The first-order valence-corrected chi connectivity index (χ1v) is 8.85. The van der Waals surface area contributed by atoms with Gasteiger partial charge in [-0.25, -0.2) is 4.98 Å². The zero-order valence-corrected chi connectivity index (χ0v) is 14.2. The molecule has 24 heavy (non-hydrogen) atoms. The fraction of sp³-hybridized carbons (Fsp3) is 0.211. The van der Waals surface area contributed by atoms with Crippen molar-refractivity contribution in [2.24, 2.45) is 0 Å². The van der Waals surface area contributed by atoms with Crippen LogP contribution in [0.2, 0.25) is 0 Å². The van der Waals surface area contributed by atoms with Crippen molar-refractivity contribution >= 4 is 22.9 Å². The van der Waals surface area contributed by atoms with Crippen LogP contribution in [0.15, 0.2) is 54.2 Å². The number of hydrogen-bond acceptors (Lipinski definition) is 4. The smallest absolute Gasteiger partial charge is 0.233 e. The number of thiazole rings is 1. The molecule has 4 rings (SSSR count). The van der Waals surface area contributed by atoms with Crippen molar-refractivity contribution in [1.82, 2.24) is 9.97 Å². The summed E-state index contributed by atoms with van der Waals surface area (Å²) in [7, 11) is 0. The molecule has 0 N–H and O–H groups in total. The summed E-state index contributed by atoms with van der Waals surface area (Å²) in [5, 5.41) is 2.90. The van der Waals surface area contributed by atoms with Gasteiger partial charge in [-0.3, -0.25) is 9.78 Å². The number of pyridine rings is 1. The van der Waals surface area contributed by atoms with Gasteiger partial charge in [0.05, 0.1) is 12.1 Å². The number of aromatic nitrogens is 2. The molecule has 120 valence electrons. The van der Waals surface area contributed by atoms with Gasteiger partial charge >= 0.3 is 0 Å². The van der Waals surface area contributed by atoms with Gasteiger partial charge in [-0.15, -0.1) is 11.3 Å². The fourth-order valence-corrected chi connectivity index (χ4v) is 4.03. The second-order valence-corrected chi connectivity index (χ2v) is 6.86. The Balaban J connectivity index is 1.54. The molecule has 0 aliphatic carbocycles. The quantitative estimate of drug-likeness (QED) is 0.733. The van der Waals surface area contributed by atoms with E-state index < -0.39 is 0 Å². The molecule has 5 heteroatoms. The molecule has 1 atom stereocenters. The Morgan fingerprint density at radius 1 is 1.25 bits per heavy atom. The van der Waals surface area contributed by atoms with E-state index in [2.05, 4.69) is 23.0 Å². The number of fused-ring (bicyclic) bond motifs is 1. The largest absolute Gasteiger partial charge is 0.309 e. The van der Waals surface area contributed by atoms with Gasteiger partial charge in [0, 0.05) is 35.1 Å². The Labute approximate surface area is 144 Å². The summed E-state index contributed by atoms with van der Waals surface area (Å²) >= 11 is 1.56. The molecule has 1 aliphatic heterocycles. The molecule has 0 radical (unpaired) electrons. The number of anilines is 1. The summed E-state index contributed by atoms with van der Waals surface area (Å²) in [4.78, 5) is 23.4. The second kappa shape index (κ2) is 6.17. The average Bonchev–Trinajstić information content (AvgIpc) is 3.19. The lowest BCUT2D eigenvalue weighted by molar-refractivity contribution is -0.118. The van der Waals surface area contributed by atoms with Gasteiger partial charge in [-0.1, -0.05) is 18.2 Å². The van der Waals surface area contributed by atoms with Crippen LogP contribution in [0.25, 0.3) is 10.6 Å². The van der Waals surface area contributed by atoms with E-state index in [9.17, 15) is 4.79 Å². The van der Waals surface area contributed by atoms with Crippen molar-refractivity contribution in [3.63, 3.8) is 0 Å². The van der Waals surface area contributed by atoms with E-state index in [0.29, 0.717) is 6.42 Å². The van der Waals surface area contributed by atoms with Gasteiger partial charge in [0.25, 0.3) is 0 Å². The Kier molecular flexibility index (Phi) is 3.86. The van der Waals surface area contributed by atoms with Crippen molar-refractivity contribution in [2.45, 2.75) is 25.8 Å². The molecule has 0 saturated heterocycles. The number of hydrogen-bond donors (Lipinski definition) is 0. The van der Waals surface area contributed by atoms with Gasteiger partial charge in [-0.2, -0.15) is 0 Å². The van der Waals surface area contributed by atoms with E-state index in [1.807, 2.05) is 40.6 Å². The van der Waals surface area contributed by atoms with E-state index in [1.54, 1.807) is 23.7 Å². The van der Waals surface area contributed by atoms with Gasteiger partial charge in [0.15, 0.2) is 0 Å². The summed E-state index contributed by atoms with van der Waals surface area (Å²) in [6, 6.07) is 12.2. The number of amides is 1. The molecule has 0 fully saturated rings. The van der Waals surface area contributed by atoms with Gasteiger partial charge in [-0.05, 0) is 37.1 Å². The number of carbonyl (C=O) groups excluding carboxylic acids is 1. The Hall–Kier alpha value is -2.53. The van der Waals surface area contributed by atoms with Crippen molar-refractivity contribution in [2.75, 3.05) is 4.90 Å². The minimum Gasteiger partial charge on any atom is -0.309 e. The zero-order valence-electron chi connectivity index (χ0n) is 13.3. The monoisotopic (exact) mass is 335 g/mol. The Bertz CT molecular complexity index is 875. The van der Waals surface area contributed by atoms with Crippen LogP contribution in [-0.4, -0.2) is 21.9 Å². The molecule has 1 aromatic carbocycles. The first-order chi connectivity index (χ1) is 11.7.